The van der Waals surface area contributed by atoms with Crippen LogP contribution in [0.25, 0.3) is 0 Å². The van der Waals surface area contributed by atoms with E-state index in [-0.39, 0.29) is 41.1 Å². The van der Waals surface area contributed by atoms with Gasteiger partial charge in [0.25, 0.3) is 5.91 Å². The highest BCUT2D eigenvalue weighted by Crippen LogP contribution is 2.37. The number of hydrogen-bond acceptors (Lipinski definition) is 7. The zero-order valence-corrected chi connectivity index (χ0v) is 31.9. The van der Waals surface area contributed by atoms with E-state index in [9.17, 15) is 22.8 Å². The van der Waals surface area contributed by atoms with Crippen molar-refractivity contribution < 1.29 is 41.4 Å². The van der Waals surface area contributed by atoms with Crippen molar-refractivity contribution in [3.8, 4) is 5.75 Å². The van der Waals surface area contributed by atoms with E-state index in [2.05, 4.69) is 44.2 Å². The largest absolute Gasteiger partial charge is 0.491 e. The molecule has 0 aliphatic carbocycles. The fraction of sp³-hybridized carbons (Fsp3) is 0.676. The number of ether oxygens (including phenoxy) is 3. The van der Waals surface area contributed by atoms with Gasteiger partial charge in [-0.25, -0.2) is 4.79 Å². The number of alkyl halides is 3. The number of benzene rings is 1. The lowest BCUT2D eigenvalue weighted by atomic mass is 9.95. The Balaban J connectivity index is 1.99. The summed E-state index contributed by atoms with van der Waals surface area (Å²) in [6.45, 7) is 22.7. The fourth-order valence-electron chi connectivity index (χ4n) is 4.42. The molecule has 9 nitrogen and oxygen atoms in total. The molecule has 1 aromatic carbocycles. The molecule has 0 bridgehead atoms. The molecule has 0 radical (unpaired) electrons. The average molecular weight is 716 g/mol. The number of nitrogens with zero attached hydrogens (tertiary/aromatic N) is 2. The third-order valence-corrected chi connectivity index (χ3v) is 14.2. The lowest BCUT2D eigenvalue weighted by Crippen LogP contribution is -2.49. The molecule has 3 rings (SSSR count). The second kappa shape index (κ2) is 15.1. The van der Waals surface area contributed by atoms with Crippen LogP contribution in [0.1, 0.15) is 96.0 Å². The molecule has 2 aromatic rings. The molecule has 1 saturated heterocycles. The third kappa shape index (κ3) is 11.4. The molecule has 270 valence electrons. The van der Waals surface area contributed by atoms with Crippen molar-refractivity contribution in [2.75, 3.05) is 19.8 Å². The normalized spacial score (nSPS) is 17.4. The van der Waals surface area contributed by atoms with Crippen LogP contribution in [0.5, 0.6) is 5.75 Å². The molecule has 14 heteroatoms. The van der Waals surface area contributed by atoms with Gasteiger partial charge in [-0.1, -0.05) is 41.5 Å². The first-order chi connectivity index (χ1) is 21.9. The molecule has 2 amide bonds. The molecule has 1 N–H and O–H groups in total. The molecule has 1 fully saturated rings. The highest BCUT2D eigenvalue weighted by atomic mass is 32.1. The monoisotopic (exact) mass is 715 g/mol. The number of carbonyl (C=O) groups excluding carboxylic acids is 2. The minimum atomic E-state index is -4.70. The maximum absolute atomic E-state index is 13.8. The number of aromatic nitrogens is 1. The molecular weight excluding hydrogens is 664 g/mol. The molecule has 1 aliphatic rings. The second-order valence-electron chi connectivity index (χ2n) is 15.8. The molecule has 1 aliphatic heterocycles. The summed E-state index contributed by atoms with van der Waals surface area (Å²) in [5, 5.41) is 2.64. The summed E-state index contributed by atoms with van der Waals surface area (Å²) in [7, 11) is -2.26. The summed E-state index contributed by atoms with van der Waals surface area (Å²) in [6, 6.07) is 1.98. The van der Waals surface area contributed by atoms with Crippen LogP contribution in [-0.2, 0) is 32.0 Å². The van der Waals surface area contributed by atoms with Gasteiger partial charge in [-0.05, 0) is 75.4 Å². The summed E-state index contributed by atoms with van der Waals surface area (Å²) in [6.07, 6.45) is -1.72. The lowest BCUT2D eigenvalue weighted by molar-refractivity contribution is -0.137. The molecule has 0 saturated carbocycles. The maximum Gasteiger partial charge on any atom is 0.416 e. The van der Waals surface area contributed by atoms with Gasteiger partial charge in [-0.3, -0.25) is 4.79 Å². The van der Waals surface area contributed by atoms with Gasteiger partial charge < -0.3 is 28.5 Å². The number of nitrogens with one attached hydrogen (secondary N) is 1. The standard InChI is InChI=1S/C34H52F3N3O6SSi/c1-31(2,3)27-19-40(18-24-13-12-16-43-24)29(47-27)39-28(41)25-17-22(34(35,36)37)14-15-26(25)44-20-23(38-30(42)46-32(4,5)6)21-45-48(10,11)33(7,8)9/h14-15,17,19,23-24H,12-13,16,18,20-21H2,1-11H3,(H,38,42)/t23-,24-/m1/s1. The number of thiazole rings is 1. The van der Waals surface area contributed by atoms with Gasteiger partial charge in [0.1, 0.15) is 18.0 Å². The summed E-state index contributed by atoms with van der Waals surface area (Å²) >= 11 is 1.31. The van der Waals surface area contributed by atoms with Crippen molar-refractivity contribution in [1.82, 2.24) is 9.88 Å². The quantitative estimate of drug-likeness (QED) is 0.250. The van der Waals surface area contributed by atoms with Crippen LogP contribution in [0.15, 0.2) is 29.4 Å². The number of carbonyl (C=O) groups is 2. The Hall–Kier alpha value is -2.68. The minimum absolute atomic E-state index is 0.0446. The van der Waals surface area contributed by atoms with E-state index in [1.165, 1.54) is 11.3 Å². The van der Waals surface area contributed by atoms with Crippen LogP contribution >= 0.6 is 11.3 Å². The van der Waals surface area contributed by atoms with E-state index in [0.29, 0.717) is 18.0 Å². The Morgan fingerprint density at radius 3 is 2.29 bits per heavy atom. The average Bonchev–Trinajstić information content (AvgIpc) is 3.58. The summed E-state index contributed by atoms with van der Waals surface area (Å²) < 4.78 is 66.9. The Kier molecular flexibility index (Phi) is 12.5. The molecule has 48 heavy (non-hydrogen) atoms. The highest BCUT2D eigenvalue weighted by molar-refractivity contribution is 7.09. The van der Waals surface area contributed by atoms with Gasteiger partial charge in [0, 0.05) is 17.7 Å². The summed E-state index contributed by atoms with van der Waals surface area (Å²) in [5.41, 5.74) is -2.36. The number of halogens is 3. The Labute approximate surface area is 287 Å². The van der Waals surface area contributed by atoms with Gasteiger partial charge in [-0.2, -0.15) is 18.2 Å². The van der Waals surface area contributed by atoms with E-state index in [1.807, 2.05) is 31.5 Å². The molecule has 2 heterocycles. The van der Waals surface area contributed by atoms with E-state index < -0.39 is 43.7 Å². The van der Waals surface area contributed by atoms with Crippen LogP contribution in [0, 0.1) is 0 Å². The van der Waals surface area contributed by atoms with Crippen molar-refractivity contribution in [3.05, 3.63) is 45.2 Å². The number of hydrogen-bond donors (Lipinski definition) is 1. The van der Waals surface area contributed by atoms with Crippen molar-refractivity contribution in [1.29, 1.82) is 0 Å². The predicted octanol–water partition coefficient (Wildman–Crippen LogP) is 8.08. The first-order valence-corrected chi connectivity index (χ1v) is 20.0. The van der Waals surface area contributed by atoms with Crippen LogP contribution in [-0.4, -0.2) is 62.5 Å². The van der Waals surface area contributed by atoms with Gasteiger partial charge in [-0.15, -0.1) is 11.3 Å². The van der Waals surface area contributed by atoms with Gasteiger partial charge in [0.15, 0.2) is 13.1 Å². The minimum Gasteiger partial charge on any atom is -0.491 e. The summed E-state index contributed by atoms with van der Waals surface area (Å²) in [4.78, 5) is 32.1. The highest BCUT2D eigenvalue weighted by Gasteiger charge is 2.38. The van der Waals surface area contributed by atoms with Crippen LogP contribution in [0.3, 0.4) is 0 Å². The van der Waals surface area contributed by atoms with Crippen LogP contribution < -0.4 is 14.9 Å². The molecular formula is C34H52F3N3O6SSi. The molecule has 2 atom stereocenters. The Morgan fingerprint density at radius 2 is 1.75 bits per heavy atom. The second-order valence-corrected chi connectivity index (χ2v) is 21.6. The smallest absolute Gasteiger partial charge is 0.416 e. The molecule has 1 aromatic heterocycles. The lowest BCUT2D eigenvalue weighted by Gasteiger charge is -2.37. The zero-order valence-electron chi connectivity index (χ0n) is 30.1. The molecule has 0 unspecified atom stereocenters. The molecule has 0 spiro atoms. The SMILES string of the molecule is CC(C)(C)OC(=O)N[C@H](COc1ccc(C(F)(F)F)cc1C(=O)N=c1sc(C(C)(C)C)cn1C[C@H]1CCCO1)CO[Si](C)(C)C(C)(C)C. The first kappa shape index (κ1) is 39.8. The fourth-order valence-corrected chi connectivity index (χ4v) is 6.53. The Bertz CT molecular complexity index is 1490. The Morgan fingerprint density at radius 1 is 1.08 bits per heavy atom. The zero-order chi connectivity index (χ0) is 36.3. The van der Waals surface area contributed by atoms with E-state index in [4.69, 9.17) is 18.6 Å². The number of amides is 2. The van der Waals surface area contributed by atoms with Crippen LogP contribution in [0.4, 0.5) is 18.0 Å². The van der Waals surface area contributed by atoms with E-state index >= 15 is 0 Å². The number of rotatable bonds is 10. The third-order valence-electron chi connectivity index (χ3n) is 8.23. The van der Waals surface area contributed by atoms with E-state index in [0.717, 1.165) is 35.9 Å². The van der Waals surface area contributed by atoms with Gasteiger partial charge >= 0.3 is 12.3 Å². The van der Waals surface area contributed by atoms with Crippen LogP contribution in [0.2, 0.25) is 18.1 Å². The first-order valence-electron chi connectivity index (χ1n) is 16.2. The van der Waals surface area contributed by atoms with Crippen molar-refractivity contribution >= 4 is 31.7 Å². The van der Waals surface area contributed by atoms with Crippen molar-refractivity contribution in [2.45, 2.75) is 129 Å². The number of alkyl carbamates (subject to hydrolysis) is 1. The van der Waals surface area contributed by atoms with E-state index in [1.54, 1.807) is 20.8 Å². The van der Waals surface area contributed by atoms with Gasteiger partial charge in [0.2, 0.25) is 0 Å². The predicted molar refractivity (Wildman–Crippen MR) is 183 cm³/mol. The van der Waals surface area contributed by atoms with Gasteiger partial charge in [0.05, 0.1) is 36.4 Å². The topological polar surface area (TPSA) is 100 Å². The van der Waals surface area contributed by atoms with Crippen molar-refractivity contribution in [3.63, 3.8) is 0 Å². The maximum atomic E-state index is 13.8. The summed E-state index contributed by atoms with van der Waals surface area (Å²) in [5.74, 6) is -0.980. The van der Waals surface area contributed by atoms with Crippen molar-refractivity contribution in [2.24, 2.45) is 4.99 Å².